The van der Waals surface area contributed by atoms with Crippen molar-refractivity contribution in [1.29, 1.82) is 0 Å². The van der Waals surface area contributed by atoms with Crippen LogP contribution in [0.25, 0.3) is 0 Å². The van der Waals surface area contributed by atoms with Crippen molar-refractivity contribution < 1.29 is 9.84 Å². The first kappa shape index (κ1) is 14.9. The molecule has 0 saturated heterocycles. The maximum absolute atomic E-state index is 9.80. The Kier molecular flexibility index (Phi) is 4.51. The molecule has 2 atom stereocenters. The molecular weight excluding hydrogens is 262 g/mol. The Morgan fingerprint density at radius 1 is 1.43 bits per heavy atom. The molecule has 1 heterocycles. The third-order valence-electron chi connectivity index (χ3n) is 5.06. The van der Waals surface area contributed by atoms with Gasteiger partial charge in [0.25, 0.3) is 0 Å². The van der Waals surface area contributed by atoms with E-state index < -0.39 is 0 Å². The average molecular weight is 289 g/mol. The average Bonchev–Trinajstić information content (AvgIpc) is 2.95. The Morgan fingerprint density at radius 3 is 3.14 bits per heavy atom. The summed E-state index contributed by atoms with van der Waals surface area (Å²) in [5.41, 5.74) is 2.66. The number of hydrogen-bond donors (Lipinski definition) is 2. The molecule has 1 fully saturated rings. The van der Waals surface area contributed by atoms with Gasteiger partial charge in [-0.2, -0.15) is 0 Å². The predicted molar refractivity (Wildman–Crippen MR) is 84.8 cm³/mol. The Labute approximate surface area is 127 Å². The number of nitrogens with one attached hydrogen (secondary N) is 1. The topological polar surface area (TPSA) is 41.5 Å². The lowest BCUT2D eigenvalue weighted by atomic mass is 9.77. The number of aliphatic hydroxyl groups is 1. The van der Waals surface area contributed by atoms with Crippen LogP contribution >= 0.6 is 0 Å². The fraction of sp³-hybridized carbons (Fsp3) is 0.667. The maximum atomic E-state index is 9.80. The van der Waals surface area contributed by atoms with Crippen molar-refractivity contribution in [3.8, 4) is 5.75 Å². The highest BCUT2D eigenvalue weighted by Crippen LogP contribution is 2.32. The Bertz CT molecular complexity index is 488. The summed E-state index contributed by atoms with van der Waals surface area (Å²) in [6.45, 7) is 4.32. The molecule has 1 saturated carbocycles. The lowest BCUT2D eigenvalue weighted by Crippen LogP contribution is -2.52. The Hall–Kier alpha value is -1.06. The van der Waals surface area contributed by atoms with Gasteiger partial charge in [-0.15, -0.1) is 0 Å². The summed E-state index contributed by atoms with van der Waals surface area (Å²) >= 11 is 0. The van der Waals surface area contributed by atoms with E-state index in [9.17, 15) is 5.11 Å². The molecule has 1 aromatic rings. The first-order valence-corrected chi connectivity index (χ1v) is 8.31. The SMILES string of the molecule is CC1CCCC(CO)(NCCc2ccc3c(c2)CCO3)C1. The van der Waals surface area contributed by atoms with Crippen molar-refractivity contribution in [3.63, 3.8) is 0 Å². The van der Waals surface area contributed by atoms with Crippen LogP contribution in [0.15, 0.2) is 18.2 Å². The van der Waals surface area contributed by atoms with E-state index in [2.05, 4.69) is 30.4 Å². The van der Waals surface area contributed by atoms with Crippen LogP contribution in [0.3, 0.4) is 0 Å². The van der Waals surface area contributed by atoms with Crippen LogP contribution in [-0.4, -0.2) is 30.4 Å². The number of hydrogen-bond acceptors (Lipinski definition) is 3. The summed E-state index contributed by atoms with van der Waals surface area (Å²) < 4.78 is 5.55. The van der Waals surface area contributed by atoms with Crippen molar-refractivity contribution in [3.05, 3.63) is 29.3 Å². The van der Waals surface area contributed by atoms with Crippen LogP contribution in [0.1, 0.15) is 43.7 Å². The van der Waals surface area contributed by atoms with E-state index in [0.717, 1.165) is 50.5 Å². The molecule has 1 aliphatic carbocycles. The molecule has 0 aromatic heterocycles. The van der Waals surface area contributed by atoms with Gasteiger partial charge in [0.05, 0.1) is 13.2 Å². The molecule has 1 aromatic carbocycles. The second-order valence-electron chi connectivity index (χ2n) is 6.86. The van der Waals surface area contributed by atoms with Crippen molar-refractivity contribution in [1.82, 2.24) is 5.32 Å². The fourth-order valence-corrected chi connectivity index (χ4v) is 3.89. The van der Waals surface area contributed by atoms with Gasteiger partial charge in [-0.25, -0.2) is 0 Å². The van der Waals surface area contributed by atoms with Crippen molar-refractivity contribution in [2.45, 2.75) is 51.0 Å². The second kappa shape index (κ2) is 6.37. The minimum atomic E-state index is -0.0441. The van der Waals surface area contributed by atoms with Gasteiger partial charge in [0.1, 0.15) is 5.75 Å². The van der Waals surface area contributed by atoms with Crippen molar-refractivity contribution in [2.75, 3.05) is 19.8 Å². The summed E-state index contributed by atoms with van der Waals surface area (Å²) in [6.07, 6.45) is 6.78. The van der Waals surface area contributed by atoms with Gasteiger partial charge < -0.3 is 15.2 Å². The van der Waals surface area contributed by atoms with E-state index in [1.54, 1.807) is 0 Å². The standard InChI is InChI=1S/C18H27NO2/c1-14-3-2-8-18(12-14,13-20)19-9-6-15-4-5-17-16(11-15)7-10-21-17/h4-5,11,14,19-20H,2-3,6-10,12-13H2,1H3. The first-order chi connectivity index (χ1) is 10.2. The summed E-state index contributed by atoms with van der Waals surface area (Å²) in [7, 11) is 0. The minimum Gasteiger partial charge on any atom is -0.493 e. The summed E-state index contributed by atoms with van der Waals surface area (Å²) in [5.74, 6) is 1.77. The highest BCUT2D eigenvalue weighted by Gasteiger charge is 2.33. The number of rotatable bonds is 5. The molecule has 116 valence electrons. The van der Waals surface area contributed by atoms with Gasteiger partial charge in [0.15, 0.2) is 0 Å². The van der Waals surface area contributed by atoms with Gasteiger partial charge in [-0.05, 0) is 48.9 Å². The molecule has 3 heteroatoms. The molecule has 0 amide bonds. The molecule has 0 radical (unpaired) electrons. The van der Waals surface area contributed by atoms with E-state index >= 15 is 0 Å². The second-order valence-corrected chi connectivity index (χ2v) is 6.86. The highest BCUT2D eigenvalue weighted by atomic mass is 16.5. The molecule has 2 unspecified atom stereocenters. The molecule has 3 rings (SSSR count). The van der Waals surface area contributed by atoms with Crippen LogP contribution in [0.2, 0.25) is 0 Å². The zero-order valence-corrected chi connectivity index (χ0v) is 13.0. The van der Waals surface area contributed by atoms with Crippen LogP contribution in [0, 0.1) is 5.92 Å². The van der Waals surface area contributed by atoms with Crippen molar-refractivity contribution >= 4 is 0 Å². The lowest BCUT2D eigenvalue weighted by molar-refractivity contribution is 0.100. The van der Waals surface area contributed by atoms with Crippen molar-refractivity contribution in [2.24, 2.45) is 5.92 Å². The Morgan fingerprint density at radius 2 is 2.33 bits per heavy atom. The van der Waals surface area contributed by atoms with Crippen LogP contribution in [-0.2, 0) is 12.8 Å². The highest BCUT2D eigenvalue weighted by molar-refractivity contribution is 5.39. The zero-order valence-electron chi connectivity index (χ0n) is 13.0. The quantitative estimate of drug-likeness (QED) is 0.875. The molecular formula is C18H27NO2. The third kappa shape index (κ3) is 3.41. The zero-order chi connectivity index (χ0) is 14.7. The van der Waals surface area contributed by atoms with E-state index in [4.69, 9.17) is 4.74 Å². The minimum absolute atomic E-state index is 0.0441. The smallest absolute Gasteiger partial charge is 0.122 e. The molecule has 3 nitrogen and oxygen atoms in total. The largest absolute Gasteiger partial charge is 0.493 e. The molecule has 2 aliphatic rings. The normalized spacial score (nSPS) is 28.2. The van der Waals surface area contributed by atoms with Gasteiger partial charge in [-0.3, -0.25) is 0 Å². The maximum Gasteiger partial charge on any atom is 0.122 e. The Balaban J connectivity index is 1.55. The number of aliphatic hydroxyl groups excluding tert-OH is 1. The van der Waals surface area contributed by atoms with E-state index in [1.807, 2.05) is 0 Å². The first-order valence-electron chi connectivity index (χ1n) is 8.31. The monoisotopic (exact) mass is 289 g/mol. The van der Waals surface area contributed by atoms with Gasteiger partial charge in [0, 0.05) is 12.0 Å². The number of fused-ring (bicyclic) bond motifs is 1. The predicted octanol–water partition coefficient (Wildman–Crippen LogP) is 2.69. The van der Waals surface area contributed by atoms with Gasteiger partial charge in [-0.1, -0.05) is 31.9 Å². The lowest BCUT2D eigenvalue weighted by Gasteiger charge is -2.39. The molecule has 0 bridgehead atoms. The van der Waals surface area contributed by atoms with Gasteiger partial charge in [0.2, 0.25) is 0 Å². The molecule has 21 heavy (non-hydrogen) atoms. The summed E-state index contributed by atoms with van der Waals surface area (Å²) in [4.78, 5) is 0. The summed E-state index contributed by atoms with van der Waals surface area (Å²) in [5, 5.41) is 13.5. The summed E-state index contributed by atoms with van der Waals surface area (Å²) in [6, 6.07) is 6.54. The molecule has 2 N–H and O–H groups in total. The number of benzene rings is 1. The van der Waals surface area contributed by atoms with E-state index in [0.29, 0.717) is 0 Å². The van der Waals surface area contributed by atoms with E-state index in [1.165, 1.54) is 24.0 Å². The van der Waals surface area contributed by atoms with Crippen LogP contribution in [0.5, 0.6) is 5.75 Å². The third-order valence-corrected chi connectivity index (χ3v) is 5.06. The number of ether oxygens (including phenoxy) is 1. The van der Waals surface area contributed by atoms with Gasteiger partial charge >= 0.3 is 0 Å². The molecule has 0 spiro atoms. The fourth-order valence-electron chi connectivity index (χ4n) is 3.89. The molecule has 1 aliphatic heterocycles. The van der Waals surface area contributed by atoms with Crippen LogP contribution in [0.4, 0.5) is 0 Å². The van der Waals surface area contributed by atoms with E-state index in [-0.39, 0.29) is 12.1 Å². The van der Waals surface area contributed by atoms with Crippen LogP contribution < -0.4 is 10.1 Å².